The summed E-state index contributed by atoms with van der Waals surface area (Å²) in [6.07, 6.45) is 0.979. The number of nitrogens with one attached hydrogen (secondary N) is 1. The van der Waals surface area contributed by atoms with Crippen molar-refractivity contribution in [2.45, 2.75) is 24.7 Å². The minimum Gasteiger partial charge on any atom is -0.488 e. The summed E-state index contributed by atoms with van der Waals surface area (Å²) in [5.74, 6) is 1.78. The summed E-state index contributed by atoms with van der Waals surface area (Å²) >= 11 is 7.99. The number of thioether (sulfide) groups is 1. The molecule has 0 unspecified atom stereocenters. The molecular formula is C28H27Cl2N5OS. The number of nitrogens with zero attached hydrogens (tertiary/aromatic N) is 4. The third-order valence-electron chi connectivity index (χ3n) is 5.81. The molecule has 0 fully saturated rings. The van der Waals surface area contributed by atoms with Gasteiger partial charge in [0.1, 0.15) is 12.4 Å². The van der Waals surface area contributed by atoms with E-state index in [0.717, 1.165) is 46.4 Å². The summed E-state index contributed by atoms with van der Waals surface area (Å²) in [4.78, 5) is 0. The molecule has 190 valence electrons. The Morgan fingerprint density at radius 3 is 2.54 bits per heavy atom. The van der Waals surface area contributed by atoms with Crippen molar-refractivity contribution in [3.05, 3.63) is 107 Å². The SMILES string of the molecule is Cl.Clc1ccccc1COc1ccc2ccccc2c1CNCCCSc1nnnn1-c1ccccc1. The monoisotopic (exact) mass is 551 g/mol. The van der Waals surface area contributed by atoms with E-state index >= 15 is 0 Å². The van der Waals surface area contributed by atoms with Gasteiger partial charge in [0.2, 0.25) is 5.16 Å². The van der Waals surface area contributed by atoms with Crippen molar-refractivity contribution >= 4 is 46.5 Å². The number of rotatable bonds is 11. The molecule has 0 aliphatic heterocycles. The van der Waals surface area contributed by atoms with E-state index in [1.165, 1.54) is 10.8 Å². The maximum Gasteiger partial charge on any atom is 0.214 e. The first kappa shape index (κ1) is 26.9. The highest BCUT2D eigenvalue weighted by Crippen LogP contribution is 2.29. The van der Waals surface area contributed by atoms with E-state index in [4.69, 9.17) is 16.3 Å². The molecule has 0 aliphatic rings. The Hall–Kier alpha value is -3.10. The number of fused-ring (bicyclic) bond motifs is 1. The fourth-order valence-electron chi connectivity index (χ4n) is 3.98. The van der Waals surface area contributed by atoms with E-state index in [0.29, 0.717) is 18.2 Å². The van der Waals surface area contributed by atoms with Gasteiger partial charge in [-0.25, -0.2) is 0 Å². The van der Waals surface area contributed by atoms with Crippen molar-refractivity contribution < 1.29 is 4.74 Å². The number of para-hydroxylation sites is 1. The van der Waals surface area contributed by atoms with Gasteiger partial charge < -0.3 is 10.1 Å². The van der Waals surface area contributed by atoms with Gasteiger partial charge in [0, 0.05) is 28.4 Å². The van der Waals surface area contributed by atoms with Crippen LogP contribution in [0, 0.1) is 0 Å². The number of tetrazole rings is 1. The summed E-state index contributed by atoms with van der Waals surface area (Å²) in [5.41, 5.74) is 3.09. The minimum atomic E-state index is 0. The molecule has 0 atom stereocenters. The Kier molecular flexibility index (Phi) is 9.79. The van der Waals surface area contributed by atoms with Gasteiger partial charge in [0.05, 0.1) is 5.69 Å². The number of aromatic nitrogens is 4. The quantitative estimate of drug-likeness (QED) is 0.145. The molecule has 5 aromatic rings. The standard InChI is InChI=1S/C28H26ClN5OS.ClH/c29-26-14-7-5-10-22(26)20-35-27-16-15-21-9-4-6-13-24(21)25(27)19-30-17-8-18-36-28-31-32-33-34(28)23-11-2-1-3-12-23;/h1-7,9-16,30H,8,17-20H2;1H. The smallest absolute Gasteiger partial charge is 0.214 e. The molecule has 6 nitrogen and oxygen atoms in total. The van der Waals surface area contributed by atoms with E-state index in [9.17, 15) is 0 Å². The topological polar surface area (TPSA) is 64.9 Å². The number of benzene rings is 4. The number of halogens is 2. The Morgan fingerprint density at radius 1 is 0.892 bits per heavy atom. The average Bonchev–Trinajstić information content (AvgIpc) is 3.39. The summed E-state index contributed by atoms with van der Waals surface area (Å²) in [7, 11) is 0. The lowest BCUT2D eigenvalue weighted by atomic mass is 10.0. The second kappa shape index (κ2) is 13.4. The third kappa shape index (κ3) is 6.81. The predicted octanol–water partition coefficient (Wildman–Crippen LogP) is 6.74. The first-order valence-electron chi connectivity index (χ1n) is 11.8. The third-order valence-corrected chi connectivity index (χ3v) is 7.19. The highest BCUT2D eigenvalue weighted by molar-refractivity contribution is 7.99. The summed E-state index contributed by atoms with van der Waals surface area (Å²) < 4.78 is 8.02. The van der Waals surface area contributed by atoms with E-state index < -0.39 is 0 Å². The van der Waals surface area contributed by atoms with Crippen molar-refractivity contribution in [1.29, 1.82) is 0 Å². The molecule has 1 aromatic heterocycles. The molecule has 1 N–H and O–H groups in total. The summed E-state index contributed by atoms with van der Waals surface area (Å²) in [6.45, 7) is 2.01. The molecule has 0 saturated carbocycles. The van der Waals surface area contributed by atoms with E-state index in [-0.39, 0.29) is 12.4 Å². The zero-order valence-corrected chi connectivity index (χ0v) is 22.5. The number of ether oxygens (including phenoxy) is 1. The second-order valence-corrected chi connectivity index (χ2v) is 9.70. The van der Waals surface area contributed by atoms with Crippen LogP contribution < -0.4 is 10.1 Å². The van der Waals surface area contributed by atoms with Crippen LogP contribution in [0.5, 0.6) is 5.75 Å². The lowest BCUT2D eigenvalue weighted by molar-refractivity contribution is 0.303. The van der Waals surface area contributed by atoms with E-state index in [1.807, 2.05) is 54.6 Å². The fraction of sp³-hybridized carbons (Fsp3) is 0.179. The molecular weight excluding hydrogens is 525 g/mol. The molecule has 1 heterocycles. The van der Waals surface area contributed by atoms with Crippen molar-refractivity contribution in [2.24, 2.45) is 0 Å². The van der Waals surface area contributed by atoms with Crippen LogP contribution in [-0.4, -0.2) is 32.5 Å². The highest BCUT2D eigenvalue weighted by Gasteiger charge is 2.11. The van der Waals surface area contributed by atoms with Gasteiger partial charge in [-0.05, 0) is 58.4 Å². The molecule has 37 heavy (non-hydrogen) atoms. The van der Waals surface area contributed by atoms with Crippen LogP contribution in [0.1, 0.15) is 17.5 Å². The van der Waals surface area contributed by atoms with Crippen LogP contribution in [0.2, 0.25) is 5.02 Å². The maximum atomic E-state index is 6.33. The molecule has 0 spiro atoms. The van der Waals surface area contributed by atoms with Crippen LogP contribution >= 0.6 is 35.8 Å². The first-order chi connectivity index (χ1) is 17.8. The Morgan fingerprint density at radius 2 is 1.68 bits per heavy atom. The van der Waals surface area contributed by atoms with Gasteiger partial charge in [-0.3, -0.25) is 0 Å². The van der Waals surface area contributed by atoms with E-state index in [2.05, 4.69) is 57.2 Å². The average molecular weight is 553 g/mol. The second-order valence-electron chi connectivity index (χ2n) is 8.23. The van der Waals surface area contributed by atoms with Crippen LogP contribution in [0.15, 0.2) is 96.2 Å². The molecule has 5 rings (SSSR count). The van der Waals surface area contributed by atoms with Gasteiger partial charge in [-0.15, -0.1) is 17.5 Å². The van der Waals surface area contributed by atoms with Crippen molar-refractivity contribution in [3.63, 3.8) is 0 Å². The van der Waals surface area contributed by atoms with Crippen LogP contribution in [0.25, 0.3) is 16.5 Å². The lowest BCUT2D eigenvalue weighted by Crippen LogP contribution is -2.16. The normalized spacial score (nSPS) is 10.8. The fourth-order valence-corrected chi connectivity index (χ4v) is 5.00. The first-order valence-corrected chi connectivity index (χ1v) is 13.2. The minimum absolute atomic E-state index is 0. The Balaban J connectivity index is 0.00000320. The largest absolute Gasteiger partial charge is 0.488 e. The van der Waals surface area contributed by atoms with Crippen LogP contribution in [-0.2, 0) is 13.2 Å². The van der Waals surface area contributed by atoms with Crippen molar-refractivity contribution in [3.8, 4) is 11.4 Å². The molecule has 9 heteroatoms. The van der Waals surface area contributed by atoms with Crippen LogP contribution in [0.3, 0.4) is 0 Å². The molecule has 0 amide bonds. The van der Waals surface area contributed by atoms with Crippen molar-refractivity contribution in [1.82, 2.24) is 25.5 Å². The molecule has 0 saturated heterocycles. The van der Waals surface area contributed by atoms with Gasteiger partial charge in [0.15, 0.2) is 0 Å². The molecule has 0 aliphatic carbocycles. The zero-order chi connectivity index (χ0) is 24.6. The molecule has 0 bridgehead atoms. The summed E-state index contributed by atoms with van der Waals surface area (Å²) in [6, 6.07) is 30.3. The number of hydrogen-bond donors (Lipinski definition) is 1. The molecule has 0 radical (unpaired) electrons. The van der Waals surface area contributed by atoms with Gasteiger partial charge >= 0.3 is 0 Å². The van der Waals surface area contributed by atoms with Gasteiger partial charge in [0.25, 0.3) is 0 Å². The lowest BCUT2D eigenvalue weighted by Gasteiger charge is -2.16. The Bertz CT molecular complexity index is 1430. The van der Waals surface area contributed by atoms with Gasteiger partial charge in [-0.2, -0.15) is 4.68 Å². The van der Waals surface area contributed by atoms with Gasteiger partial charge in [-0.1, -0.05) is 90.1 Å². The van der Waals surface area contributed by atoms with E-state index in [1.54, 1.807) is 16.4 Å². The zero-order valence-electron chi connectivity index (χ0n) is 20.1. The summed E-state index contributed by atoms with van der Waals surface area (Å²) in [5, 5.41) is 19.6. The maximum absolute atomic E-state index is 6.33. The predicted molar refractivity (Wildman–Crippen MR) is 153 cm³/mol. The van der Waals surface area contributed by atoms with Crippen LogP contribution in [0.4, 0.5) is 0 Å². The highest BCUT2D eigenvalue weighted by atomic mass is 35.5. The Labute approximate surface area is 231 Å². The molecule has 4 aromatic carbocycles. The number of hydrogen-bond acceptors (Lipinski definition) is 6. The van der Waals surface area contributed by atoms with Crippen molar-refractivity contribution in [2.75, 3.05) is 12.3 Å².